The van der Waals surface area contributed by atoms with Crippen LogP contribution >= 0.6 is 0 Å². The van der Waals surface area contributed by atoms with Crippen LogP contribution in [0, 0.1) is 6.92 Å². The van der Waals surface area contributed by atoms with Crippen molar-refractivity contribution in [1.29, 1.82) is 0 Å². The van der Waals surface area contributed by atoms with Crippen LogP contribution in [-0.4, -0.2) is 17.7 Å². The first-order valence-electron chi connectivity index (χ1n) is 11.2. The van der Waals surface area contributed by atoms with E-state index >= 15 is 0 Å². The molecular formula is C28H27N3O3. The van der Waals surface area contributed by atoms with Crippen molar-refractivity contribution in [1.82, 2.24) is 0 Å². The summed E-state index contributed by atoms with van der Waals surface area (Å²) in [5.41, 5.74) is 5.16. The number of imide groups is 1. The number of aryl methyl sites for hydroxylation is 1. The zero-order chi connectivity index (χ0) is 24.4. The molecule has 6 heteroatoms. The normalized spacial score (nSPS) is 13.6. The van der Waals surface area contributed by atoms with E-state index in [2.05, 4.69) is 24.5 Å². The van der Waals surface area contributed by atoms with Crippen LogP contribution in [0.5, 0.6) is 0 Å². The second-order valence-corrected chi connectivity index (χ2v) is 8.69. The lowest BCUT2D eigenvalue weighted by Crippen LogP contribution is -2.32. The summed E-state index contributed by atoms with van der Waals surface area (Å²) >= 11 is 0. The number of carbonyl (C=O) groups excluding carboxylic acids is 3. The van der Waals surface area contributed by atoms with E-state index in [-0.39, 0.29) is 17.2 Å². The fraction of sp³-hybridized carbons (Fsp3) is 0.179. The van der Waals surface area contributed by atoms with E-state index in [1.54, 1.807) is 36.4 Å². The van der Waals surface area contributed by atoms with Crippen molar-refractivity contribution < 1.29 is 14.4 Å². The Morgan fingerprint density at radius 2 is 1.38 bits per heavy atom. The number of amides is 3. The Balaban J connectivity index is 1.75. The van der Waals surface area contributed by atoms with Crippen molar-refractivity contribution in [3.05, 3.63) is 95.2 Å². The Morgan fingerprint density at radius 1 is 0.794 bits per heavy atom. The second-order valence-electron chi connectivity index (χ2n) is 8.69. The summed E-state index contributed by atoms with van der Waals surface area (Å²) in [6.45, 7) is 7.62. The monoisotopic (exact) mass is 453 g/mol. The van der Waals surface area contributed by atoms with Gasteiger partial charge in [0.15, 0.2) is 0 Å². The van der Waals surface area contributed by atoms with E-state index in [1.807, 2.05) is 43.3 Å². The predicted molar refractivity (Wildman–Crippen MR) is 135 cm³/mol. The minimum atomic E-state index is -0.414. The maximum absolute atomic E-state index is 13.5. The molecule has 0 spiro atoms. The average Bonchev–Trinajstić information content (AvgIpc) is 3.04. The first kappa shape index (κ1) is 23.0. The average molecular weight is 454 g/mol. The molecule has 172 valence electrons. The van der Waals surface area contributed by atoms with Crippen LogP contribution in [0.3, 0.4) is 0 Å². The van der Waals surface area contributed by atoms with E-state index in [1.165, 1.54) is 17.4 Å². The third kappa shape index (κ3) is 4.62. The smallest absolute Gasteiger partial charge is 0.282 e. The minimum Gasteiger partial charge on any atom is -0.350 e. The number of hydrogen-bond acceptors (Lipinski definition) is 4. The molecule has 0 radical (unpaired) electrons. The highest BCUT2D eigenvalue weighted by molar-refractivity contribution is 6.46. The number of nitrogens with zero attached hydrogens (tertiary/aromatic N) is 1. The number of carbonyl (C=O) groups is 3. The van der Waals surface area contributed by atoms with Gasteiger partial charge in [0.05, 0.1) is 11.3 Å². The van der Waals surface area contributed by atoms with Crippen LogP contribution in [0.25, 0.3) is 5.57 Å². The van der Waals surface area contributed by atoms with Crippen LogP contribution < -0.4 is 15.5 Å². The molecule has 3 amide bonds. The van der Waals surface area contributed by atoms with Gasteiger partial charge in [-0.25, -0.2) is 4.90 Å². The van der Waals surface area contributed by atoms with Gasteiger partial charge in [0.1, 0.15) is 5.70 Å². The SMILES string of the molecule is CC(=O)Nc1ccc(C2=C(Nc3ccc(C(C)C)cc3)C(=O)N(c3ccc(C)cc3)C2=O)cc1. The van der Waals surface area contributed by atoms with Crippen molar-refractivity contribution in [3.8, 4) is 0 Å². The quantitative estimate of drug-likeness (QED) is 0.485. The largest absolute Gasteiger partial charge is 0.350 e. The predicted octanol–water partition coefficient (Wildman–Crippen LogP) is 5.47. The van der Waals surface area contributed by atoms with Gasteiger partial charge in [0, 0.05) is 18.3 Å². The van der Waals surface area contributed by atoms with E-state index in [0.29, 0.717) is 22.9 Å². The Kier molecular flexibility index (Phi) is 6.32. The third-order valence-corrected chi connectivity index (χ3v) is 5.72. The van der Waals surface area contributed by atoms with Crippen LogP contribution in [0.2, 0.25) is 0 Å². The van der Waals surface area contributed by atoms with Gasteiger partial charge in [-0.05, 0) is 60.4 Å². The first-order valence-corrected chi connectivity index (χ1v) is 11.2. The molecule has 6 nitrogen and oxygen atoms in total. The highest BCUT2D eigenvalue weighted by atomic mass is 16.2. The number of nitrogens with one attached hydrogen (secondary N) is 2. The molecule has 0 saturated carbocycles. The lowest BCUT2D eigenvalue weighted by atomic mass is 10.0. The molecule has 3 aromatic rings. The van der Waals surface area contributed by atoms with Crippen molar-refractivity contribution >= 4 is 40.4 Å². The molecule has 0 fully saturated rings. The summed E-state index contributed by atoms with van der Waals surface area (Å²) in [5, 5.41) is 5.91. The van der Waals surface area contributed by atoms with Crippen molar-refractivity contribution in [2.45, 2.75) is 33.6 Å². The van der Waals surface area contributed by atoms with Gasteiger partial charge >= 0.3 is 0 Å². The Labute approximate surface area is 199 Å². The van der Waals surface area contributed by atoms with Gasteiger partial charge < -0.3 is 10.6 Å². The number of benzene rings is 3. The van der Waals surface area contributed by atoms with Gasteiger partial charge in [-0.15, -0.1) is 0 Å². The molecule has 0 atom stereocenters. The van der Waals surface area contributed by atoms with Crippen LogP contribution in [0.15, 0.2) is 78.5 Å². The summed E-state index contributed by atoms with van der Waals surface area (Å²) in [6.07, 6.45) is 0. The fourth-order valence-electron chi connectivity index (χ4n) is 3.86. The van der Waals surface area contributed by atoms with Gasteiger partial charge in [-0.1, -0.05) is 55.8 Å². The van der Waals surface area contributed by atoms with Gasteiger partial charge in [-0.3, -0.25) is 14.4 Å². The Bertz CT molecular complexity index is 1270. The summed E-state index contributed by atoms with van der Waals surface area (Å²) in [7, 11) is 0. The standard InChI is InChI=1S/C28H27N3O3/c1-17(2)20-7-11-23(12-8-20)30-26-25(21-9-13-22(14-10-21)29-19(4)32)27(33)31(28(26)34)24-15-5-18(3)6-16-24/h5-17,30H,1-4H3,(H,29,32). The number of anilines is 3. The van der Waals surface area contributed by atoms with Crippen molar-refractivity contribution in [3.63, 3.8) is 0 Å². The zero-order valence-electron chi connectivity index (χ0n) is 19.7. The summed E-state index contributed by atoms with van der Waals surface area (Å²) in [6, 6.07) is 22.0. The molecule has 0 unspecified atom stereocenters. The Hall–Kier alpha value is -4.19. The maximum atomic E-state index is 13.5. The minimum absolute atomic E-state index is 0.183. The van der Waals surface area contributed by atoms with Gasteiger partial charge in [-0.2, -0.15) is 0 Å². The molecule has 0 aromatic heterocycles. The number of rotatable bonds is 6. The van der Waals surface area contributed by atoms with Crippen molar-refractivity contribution in [2.75, 3.05) is 15.5 Å². The molecule has 1 heterocycles. The fourth-order valence-corrected chi connectivity index (χ4v) is 3.86. The lowest BCUT2D eigenvalue weighted by molar-refractivity contribution is -0.120. The molecule has 4 rings (SSSR count). The summed E-state index contributed by atoms with van der Waals surface area (Å²) < 4.78 is 0. The third-order valence-electron chi connectivity index (χ3n) is 5.72. The highest BCUT2D eigenvalue weighted by Gasteiger charge is 2.40. The van der Waals surface area contributed by atoms with Crippen LogP contribution in [0.1, 0.15) is 43.4 Å². The van der Waals surface area contributed by atoms with E-state index < -0.39 is 11.8 Å². The molecule has 0 aliphatic carbocycles. The zero-order valence-corrected chi connectivity index (χ0v) is 19.7. The van der Waals surface area contributed by atoms with Crippen molar-refractivity contribution in [2.24, 2.45) is 0 Å². The maximum Gasteiger partial charge on any atom is 0.282 e. The van der Waals surface area contributed by atoms with Crippen LogP contribution in [0.4, 0.5) is 17.1 Å². The van der Waals surface area contributed by atoms with Gasteiger partial charge in [0.2, 0.25) is 5.91 Å². The Morgan fingerprint density at radius 3 is 1.94 bits per heavy atom. The molecule has 1 aliphatic rings. The van der Waals surface area contributed by atoms with E-state index in [4.69, 9.17) is 0 Å². The summed E-state index contributed by atoms with van der Waals surface area (Å²) in [4.78, 5) is 39.6. The topological polar surface area (TPSA) is 78.5 Å². The lowest BCUT2D eigenvalue weighted by Gasteiger charge is -2.16. The summed E-state index contributed by atoms with van der Waals surface area (Å²) in [5.74, 6) is -0.611. The van der Waals surface area contributed by atoms with E-state index in [0.717, 1.165) is 11.3 Å². The molecule has 3 aromatic carbocycles. The van der Waals surface area contributed by atoms with Gasteiger partial charge in [0.25, 0.3) is 11.8 Å². The molecular weight excluding hydrogens is 426 g/mol. The molecule has 0 bridgehead atoms. The second kappa shape index (κ2) is 9.35. The van der Waals surface area contributed by atoms with E-state index in [9.17, 15) is 14.4 Å². The first-order chi connectivity index (χ1) is 16.2. The molecule has 0 saturated heterocycles. The molecule has 1 aliphatic heterocycles. The van der Waals surface area contributed by atoms with Crippen LogP contribution in [-0.2, 0) is 14.4 Å². The highest BCUT2D eigenvalue weighted by Crippen LogP contribution is 2.34. The molecule has 34 heavy (non-hydrogen) atoms. The molecule has 2 N–H and O–H groups in total. The number of hydrogen-bond donors (Lipinski definition) is 2.